The summed E-state index contributed by atoms with van der Waals surface area (Å²) in [6.45, 7) is 8.85. The second-order valence-corrected chi connectivity index (χ2v) is 8.85. The summed E-state index contributed by atoms with van der Waals surface area (Å²) in [5, 5.41) is 10.7. The van der Waals surface area contributed by atoms with Crippen LogP contribution in [0.15, 0.2) is 60.1 Å². The van der Waals surface area contributed by atoms with Gasteiger partial charge in [-0.3, -0.25) is 4.79 Å². The first-order chi connectivity index (χ1) is 16.5. The van der Waals surface area contributed by atoms with E-state index in [1.54, 1.807) is 4.68 Å². The van der Waals surface area contributed by atoms with Crippen molar-refractivity contribution in [2.24, 2.45) is 0 Å². The SMILES string of the molecule is CCCCCCOc1ccc(C2C(C(=O)Nc3ccc(C)cc3C)=C(C)Nc3ncnn32)cc1. The summed E-state index contributed by atoms with van der Waals surface area (Å²) in [6.07, 6.45) is 6.18. The van der Waals surface area contributed by atoms with Gasteiger partial charge >= 0.3 is 0 Å². The molecule has 0 saturated carbocycles. The van der Waals surface area contributed by atoms with Crippen molar-refractivity contribution in [3.8, 4) is 5.75 Å². The minimum Gasteiger partial charge on any atom is -0.494 e. The molecule has 1 unspecified atom stereocenters. The molecule has 0 bridgehead atoms. The van der Waals surface area contributed by atoms with Crippen molar-refractivity contribution in [1.82, 2.24) is 14.8 Å². The Morgan fingerprint density at radius 3 is 2.62 bits per heavy atom. The number of nitrogens with zero attached hydrogens (tertiary/aromatic N) is 3. The third-order valence-electron chi connectivity index (χ3n) is 6.13. The van der Waals surface area contributed by atoms with Crippen molar-refractivity contribution in [3.05, 3.63) is 76.8 Å². The molecular weight excluding hydrogens is 426 g/mol. The summed E-state index contributed by atoms with van der Waals surface area (Å²) >= 11 is 0. The first kappa shape index (κ1) is 23.5. The molecule has 2 aromatic carbocycles. The second-order valence-electron chi connectivity index (χ2n) is 8.85. The number of amides is 1. The zero-order chi connectivity index (χ0) is 24.1. The third-order valence-corrected chi connectivity index (χ3v) is 6.13. The Kier molecular flexibility index (Phi) is 7.30. The summed E-state index contributed by atoms with van der Waals surface area (Å²) < 4.78 is 7.66. The molecule has 2 N–H and O–H groups in total. The number of ether oxygens (including phenoxy) is 1. The minimum atomic E-state index is -0.400. The van der Waals surface area contributed by atoms with E-state index in [1.807, 2.05) is 57.2 Å². The van der Waals surface area contributed by atoms with E-state index in [0.717, 1.165) is 40.2 Å². The number of rotatable bonds is 9. The maximum atomic E-state index is 13.5. The summed E-state index contributed by atoms with van der Waals surface area (Å²) in [7, 11) is 0. The van der Waals surface area contributed by atoms with Crippen molar-refractivity contribution >= 4 is 17.5 Å². The molecule has 3 aromatic rings. The molecular formula is C27H33N5O2. The van der Waals surface area contributed by atoms with E-state index < -0.39 is 6.04 Å². The van der Waals surface area contributed by atoms with Crippen LogP contribution in [0.2, 0.25) is 0 Å². The molecule has 2 heterocycles. The number of carbonyl (C=O) groups is 1. The maximum absolute atomic E-state index is 13.5. The summed E-state index contributed by atoms with van der Waals surface area (Å²) in [5.74, 6) is 1.27. The number of nitrogens with one attached hydrogen (secondary N) is 2. The van der Waals surface area contributed by atoms with E-state index in [4.69, 9.17) is 4.74 Å². The van der Waals surface area contributed by atoms with Crippen LogP contribution in [0, 0.1) is 13.8 Å². The highest BCUT2D eigenvalue weighted by atomic mass is 16.5. The Bertz CT molecular complexity index is 1180. The Hall–Kier alpha value is -3.61. The monoisotopic (exact) mass is 459 g/mol. The second kappa shape index (κ2) is 10.5. The fourth-order valence-electron chi connectivity index (χ4n) is 4.30. The lowest BCUT2D eigenvalue weighted by Crippen LogP contribution is -2.31. The molecule has 4 rings (SSSR count). The highest BCUT2D eigenvalue weighted by Gasteiger charge is 2.33. The first-order valence-electron chi connectivity index (χ1n) is 12.0. The maximum Gasteiger partial charge on any atom is 0.255 e. The van der Waals surface area contributed by atoms with Crippen LogP contribution in [0.5, 0.6) is 5.75 Å². The van der Waals surface area contributed by atoms with Crippen LogP contribution in [-0.4, -0.2) is 27.3 Å². The standard InChI is InChI=1S/C27H33N5O2/c1-5-6-7-8-15-34-22-12-10-21(11-13-22)25-24(20(4)30-27-28-17-29-32(25)27)26(33)31-23-14-9-18(2)16-19(23)3/h9-14,16-17,25H,5-8,15H2,1-4H3,(H,31,33)(H,28,29,30). The number of hydrogen-bond donors (Lipinski definition) is 2. The van der Waals surface area contributed by atoms with Crippen molar-refractivity contribution in [3.63, 3.8) is 0 Å². The Balaban J connectivity index is 1.58. The molecule has 1 aromatic heterocycles. The van der Waals surface area contributed by atoms with Gasteiger partial charge < -0.3 is 15.4 Å². The minimum absolute atomic E-state index is 0.167. The predicted molar refractivity (Wildman–Crippen MR) is 135 cm³/mol. The van der Waals surface area contributed by atoms with E-state index in [9.17, 15) is 4.79 Å². The van der Waals surface area contributed by atoms with Gasteiger partial charge in [0.15, 0.2) is 0 Å². The van der Waals surface area contributed by atoms with Gasteiger partial charge in [0.2, 0.25) is 5.95 Å². The number of unbranched alkanes of at least 4 members (excludes halogenated alkanes) is 3. The molecule has 7 nitrogen and oxygen atoms in total. The molecule has 7 heteroatoms. The van der Waals surface area contributed by atoms with Gasteiger partial charge in [-0.15, -0.1) is 0 Å². The Morgan fingerprint density at radius 1 is 1.09 bits per heavy atom. The summed E-state index contributed by atoms with van der Waals surface area (Å²) in [4.78, 5) is 17.8. The highest BCUT2D eigenvalue weighted by molar-refractivity contribution is 6.06. The van der Waals surface area contributed by atoms with E-state index in [2.05, 4.69) is 33.7 Å². The van der Waals surface area contributed by atoms with Crippen LogP contribution < -0.4 is 15.4 Å². The van der Waals surface area contributed by atoms with Gasteiger partial charge in [-0.25, -0.2) is 4.68 Å². The topological polar surface area (TPSA) is 81.1 Å². The van der Waals surface area contributed by atoms with Gasteiger partial charge in [-0.05, 0) is 56.5 Å². The fourth-order valence-corrected chi connectivity index (χ4v) is 4.30. The first-order valence-corrected chi connectivity index (χ1v) is 12.0. The summed E-state index contributed by atoms with van der Waals surface area (Å²) in [5.41, 5.74) is 5.27. The molecule has 178 valence electrons. The molecule has 0 fully saturated rings. The zero-order valence-electron chi connectivity index (χ0n) is 20.4. The smallest absolute Gasteiger partial charge is 0.255 e. The van der Waals surface area contributed by atoms with Crippen LogP contribution in [0.4, 0.5) is 11.6 Å². The van der Waals surface area contributed by atoms with Crippen LogP contribution in [0.3, 0.4) is 0 Å². The average Bonchev–Trinajstić information content (AvgIpc) is 3.28. The normalized spacial score (nSPS) is 15.0. The lowest BCUT2D eigenvalue weighted by atomic mass is 9.94. The number of benzene rings is 2. The molecule has 0 saturated heterocycles. The molecule has 1 aliphatic heterocycles. The van der Waals surface area contributed by atoms with Crippen LogP contribution >= 0.6 is 0 Å². The number of hydrogen-bond acceptors (Lipinski definition) is 5. The van der Waals surface area contributed by atoms with Crippen LogP contribution in [0.25, 0.3) is 0 Å². The van der Waals surface area contributed by atoms with E-state index >= 15 is 0 Å². The Morgan fingerprint density at radius 2 is 1.88 bits per heavy atom. The lowest BCUT2D eigenvalue weighted by Gasteiger charge is -2.29. The number of carbonyl (C=O) groups excluding carboxylic acids is 1. The number of fused-ring (bicyclic) bond motifs is 1. The molecule has 0 spiro atoms. The van der Waals surface area contributed by atoms with Gasteiger partial charge in [0.05, 0.1) is 12.2 Å². The van der Waals surface area contributed by atoms with Gasteiger partial charge in [0.1, 0.15) is 18.1 Å². The largest absolute Gasteiger partial charge is 0.494 e. The van der Waals surface area contributed by atoms with Gasteiger partial charge in [-0.1, -0.05) is 56.0 Å². The third kappa shape index (κ3) is 5.14. The quantitative estimate of drug-likeness (QED) is 0.396. The lowest BCUT2D eigenvalue weighted by molar-refractivity contribution is -0.113. The number of anilines is 2. The predicted octanol–water partition coefficient (Wildman–Crippen LogP) is 5.78. The van der Waals surface area contributed by atoms with Gasteiger partial charge in [0, 0.05) is 11.4 Å². The molecule has 0 aliphatic carbocycles. The molecule has 1 amide bonds. The van der Waals surface area contributed by atoms with Crippen molar-refractivity contribution in [1.29, 1.82) is 0 Å². The van der Waals surface area contributed by atoms with Crippen LogP contribution in [0.1, 0.15) is 62.3 Å². The number of aromatic nitrogens is 3. The van der Waals surface area contributed by atoms with E-state index in [1.165, 1.54) is 25.6 Å². The van der Waals surface area contributed by atoms with E-state index in [-0.39, 0.29) is 5.91 Å². The van der Waals surface area contributed by atoms with Crippen molar-refractivity contribution < 1.29 is 9.53 Å². The van der Waals surface area contributed by atoms with E-state index in [0.29, 0.717) is 18.1 Å². The molecule has 0 radical (unpaired) electrons. The molecule has 1 atom stereocenters. The number of aryl methyl sites for hydroxylation is 2. The summed E-state index contributed by atoms with van der Waals surface area (Å²) in [6, 6.07) is 13.5. The average molecular weight is 460 g/mol. The van der Waals surface area contributed by atoms with Gasteiger partial charge in [-0.2, -0.15) is 10.1 Å². The molecule has 34 heavy (non-hydrogen) atoms. The van der Waals surface area contributed by atoms with Crippen LogP contribution in [-0.2, 0) is 4.79 Å². The highest BCUT2D eigenvalue weighted by Crippen LogP contribution is 2.36. The van der Waals surface area contributed by atoms with Crippen molar-refractivity contribution in [2.75, 3.05) is 17.2 Å². The fraction of sp³-hybridized carbons (Fsp3) is 0.370. The Labute approximate surface area is 201 Å². The zero-order valence-corrected chi connectivity index (χ0v) is 20.4. The molecule has 1 aliphatic rings. The van der Waals surface area contributed by atoms with Gasteiger partial charge in [0.25, 0.3) is 5.91 Å². The number of allylic oxidation sites excluding steroid dienone is 1. The van der Waals surface area contributed by atoms with Crippen molar-refractivity contribution in [2.45, 2.75) is 59.4 Å².